The molecule has 0 bridgehead atoms. The first-order valence-corrected chi connectivity index (χ1v) is 5.18. The number of benzene rings is 1. The van der Waals surface area contributed by atoms with Crippen molar-refractivity contribution in [3.8, 4) is 5.88 Å². The highest BCUT2D eigenvalue weighted by Gasteiger charge is 2.15. The van der Waals surface area contributed by atoms with Crippen LogP contribution in [0.4, 0.5) is 0 Å². The summed E-state index contributed by atoms with van der Waals surface area (Å²) in [6, 6.07) is 14.6. The predicted octanol–water partition coefficient (Wildman–Crippen LogP) is 1.41. The number of aromatic nitrogens is 1. The minimum Gasteiger partial charge on any atom is -0.460 e. The summed E-state index contributed by atoms with van der Waals surface area (Å²) in [5.74, 6) is 0.150. The SMILES string of the molecule is Oc1cccc[n+]1CC(O)c1ccccc1. The van der Waals surface area contributed by atoms with Crippen molar-refractivity contribution in [3.05, 3.63) is 60.3 Å². The van der Waals surface area contributed by atoms with Gasteiger partial charge in [0.05, 0.1) is 6.07 Å². The lowest BCUT2D eigenvalue weighted by atomic mass is 10.1. The quantitative estimate of drug-likeness (QED) is 0.762. The van der Waals surface area contributed by atoms with E-state index in [-0.39, 0.29) is 5.88 Å². The fourth-order valence-electron chi connectivity index (χ4n) is 1.59. The number of hydrogen-bond donors (Lipinski definition) is 2. The molecule has 0 spiro atoms. The number of aliphatic hydroxyl groups excluding tert-OH is 1. The molecule has 3 heteroatoms. The van der Waals surface area contributed by atoms with E-state index in [0.29, 0.717) is 6.54 Å². The monoisotopic (exact) mass is 216 g/mol. The van der Waals surface area contributed by atoms with Crippen LogP contribution in [0.2, 0.25) is 0 Å². The second-order valence-electron chi connectivity index (χ2n) is 3.64. The van der Waals surface area contributed by atoms with Crippen molar-refractivity contribution in [2.75, 3.05) is 0 Å². The first-order chi connectivity index (χ1) is 7.77. The number of pyridine rings is 1. The van der Waals surface area contributed by atoms with E-state index in [1.54, 1.807) is 22.9 Å². The Labute approximate surface area is 94.2 Å². The highest BCUT2D eigenvalue weighted by Crippen LogP contribution is 2.12. The van der Waals surface area contributed by atoms with Gasteiger partial charge in [-0.1, -0.05) is 30.3 Å². The molecule has 0 radical (unpaired) electrons. The van der Waals surface area contributed by atoms with Gasteiger partial charge in [-0.05, 0) is 11.6 Å². The molecule has 0 fully saturated rings. The Morgan fingerprint density at radius 2 is 1.69 bits per heavy atom. The van der Waals surface area contributed by atoms with Crippen LogP contribution in [0, 0.1) is 0 Å². The molecule has 16 heavy (non-hydrogen) atoms. The molecule has 1 atom stereocenters. The summed E-state index contributed by atoms with van der Waals surface area (Å²) < 4.78 is 1.61. The highest BCUT2D eigenvalue weighted by molar-refractivity contribution is 5.16. The third-order valence-electron chi connectivity index (χ3n) is 2.47. The van der Waals surface area contributed by atoms with E-state index in [9.17, 15) is 10.2 Å². The van der Waals surface area contributed by atoms with Gasteiger partial charge in [0.25, 0.3) is 0 Å². The summed E-state index contributed by atoms with van der Waals surface area (Å²) in [4.78, 5) is 0. The van der Waals surface area contributed by atoms with E-state index in [4.69, 9.17) is 0 Å². The minimum atomic E-state index is -0.612. The lowest BCUT2D eigenvalue weighted by Gasteiger charge is -2.07. The molecule has 1 aromatic carbocycles. The van der Waals surface area contributed by atoms with Gasteiger partial charge in [-0.2, -0.15) is 4.57 Å². The molecular formula is C13H14NO2+. The van der Waals surface area contributed by atoms with Crippen LogP contribution >= 0.6 is 0 Å². The van der Waals surface area contributed by atoms with Crippen molar-refractivity contribution in [3.63, 3.8) is 0 Å². The van der Waals surface area contributed by atoms with Crippen LogP contribution in [-0.2, 0) is 6.54 Å². The molecule has 0 aliphatic heterocycles. The summed E-state index contributed by atoms with van der Waals surface area (Å²) in [6.07, 6.45) is 1.13. The normalized spacial score (nSPS) is 12.3. The van der Waals surface area contributed by atoms with Crippen molar-refractivity contribution in [1.29, 1.82) is 0 Å². The maximum Gasteiger partial charge on any atom is 0.365 e. The first kappa shape index (κ1) is 10.6. The Kier molecular flexibility index (Phi) is 3.17. The van der Waals surface area contributed by atoms with Crippen LogP contribution in [0.1, 0.15) is 11.7 Å². The maximum atomic E-state index is 9.97. The van der Waals surface area contributed by atoms with Gasteiger partial charge in [-0.25, -0.2) is 0 Å². The van der Waals surface area contributed by atoms with Crippen LogP contribution in [0.3, 0.4) is 0 Å². The van der Waals surface area contributed by atoms with Gasteiger partial charge in [0.1, 0.15) is 6.10 Å². The molecule has 1 unspecified atom stereocenters. The third kappa shape index (κ3) is 2.38. The van der Waals surface area contributed by atoms with Gasteiger partial charge in [-0.3, -0.25) is 0 Å². The van der Waals surface area contributed by atoms with Gasteiger partial charge < -0.3 is 10.2 Å². The Bertz CT molecular complexity index is 456. The lowest BCUT2D eigenvalue weighted by Crippen LogP contribution is -2.36. The van der Waals surface area contributed by atoms with Crippen LogP contribution in [-0.4, -0.2) is 10.2 Å². The third-order valence-corrected chi connectivity index (χ3v) is 2.47. The fourth-order valence-corrected chi connectivity index (χ4v) is 1.59. The van der Waals surface area contributed by atoms with Crippen LogP contribution in [0.15, 0.2) is 54.7 Å². The zero-order chi connectivity index (χ0) is 11.4. The molecule has 0 saturated heterocycles. The van der Waals surface area contributed by atoms with Crippen molar-refractivity contribution in [2.24, 2.45) is 0 Å². The molecule has 0 saturated carbocycles. The number of hydrogen-bond acceptors (Lipinski definition) is 2. The Morgan fingerprint density at radius 3 is 2.38 bits per heavy atom. The maximum absolute atomic E-state index is 9.97. The molecule has 2 rings (SSSR count). The second kappa shape index (κ2) is 4.77. The van der Waals surface area contributed by atoms with E-state index < -0.39 is 6.10 Å². The molecule has 82 valence electrons. The summed E-state index contributed by atoms with van der Waals surface area (Å²) in [5, 5.41) is 19.5. The van der Waals surface area contributed by atoms with Crippen LogP contribution < -0.4 is 4.57 Å². The summed E-state index contributed by atoms with van der Waals surface area (Å²) in [7, 11) is 0. The van der Waals surface area contributed by atoms with Crippen molar-refractivity contribution < 1.29 is 14.8 Å². The largest absolute Gasteiger partial charge is 0.460 e. The molecule has 0 aliphatic rings. The molecule has 2 aromatic rings. The average molecular weight is 216 g/mol. The average Bonchev–Trinajstić information content (AvgIpc) is 2.33. The zero-order valence-electron chi connectivity index (χ0n) is 8.82. The molecule has 1 heterocycles. The van der Waals surface area contributed by atoms with Gasteiger partial charge in [0.15, 0.2) is 12.7 Å². The number of aliphatic hydroxyl groups is 1. The minimum absolute atomic E-state index is 0.150. The Morgan fingerprint density at radius 1 is 1.00 bits per heavy atom. The Balaban J connectivity index is 2.14. The predicted molar refractivity (Wildman–Crippen MR) is 59.7 cm³/mol. The second-order valence-corrected chi connectivity index (χ2v) is 3.64. The molecule has 3 nitrogen and oxygen atoms in total. The first-order valence-electron chi connectivity index (χ1n) is 5.18. The lowest BCUT2D eigenvalue weighted by molar-refractivity contribution is -0.710. The van der Waals surface area contributed by atoms with Crippen LogP contribution in [0.25, 0.3) is 0 Å². The zero-order valence-corrected chi connectivity index (χ0v) is 8.82. The smallest absolute Gasteiger partial charge is 0.365 e. The van der Waals surface area contributed by atoms with E-state index in [1.165, 1.54) is 0 Å². The van der Waals surface area contributed by atoms with E-state index in [1.807, 2.05) is 36.4 Å². The van der Waals surface area contributed by atoms with E-state index >= 15 is 0 Å². The van der Waals surface area contributed by atoms with Crippen LogP contribution in [0.5, 0.6) is 5.88 Å². The number of rotatable bonds is 3. The van der Waals surface area contributed by atoms with E-state index in [0.717, 1.165) is 5.56 Å². The van der Waals surface area contributed by atoms with Gasteiger partial charge in [0, 0.05) is 6.07 Å². The molecule has 0 aliphatic carbocycles. The molecule has 1 aromatic heterocycles. The molecular weight excluding hydrogens is 202 g/mol. The molecule has 0 amide bonds. The number of aromatic hydroxyl groups is 1. The van der Waals surface area contributed by atoms with Crippen molar-refractivity contribution in [2.45, 2.75) is 12.6 Å². The summed E-state index contributed by atoms with van der Waals surface area (Å²) in [5.41, 5.74) is 0.846. The van der Waals surface area contributed by atoms with Gasteiger partial charge in [-0.15, -0.1) is 0 Å². The van der Waals surface area contributed by atoms with Gasteiger partial charge in [0.2, 0.25) is 0 Å². The van der Waals surface area contributed by atoms with Crippen molar-refractivity contribution >= 4 is 0 Å². The highest BCUT2D eigenvalue weighted by atomic mass is 16.3. The van der Waals surface area contributed by atoms with Gasteiger partial charge >= 0.3 is 5.88 Å². The van der Waals surface area contributed by atoms with Crippen molar-refractivity contribution in [1.82, 2.24) is 0 Å². The topological polar surface area (TPSA) is 44.3 Å². The standard InChI is InChI=1S/C13H13NO2/c15-12(11-6-2-1-3-7-11)10-14-9-5-4-8-13(14)16/h1-9,12,15H,10H2/p+1. The van der Waals surface area contributed by atoms with E-state index in [2.05, 4.69) is 0 Å². The summed E-state index contributed by atoms with van der Waals surface area (Å²) >= 11 is 0. The number of nitrogens with zero attached hydrogens (tertiary/aromatic N) is 1. The Hall–Kier alpha value is -1.87. The fraction of sp³-hybridized carbons (Fsp3) is 0.154. The molecule has 2 N–H and O–H groups in total. The summed E-state index contributed by atoms with van der Waals surface area (Å²) in [6.45, 7) is 0.344.